The smallest absolute Gasteiger partial charge is 0.261 e. The van der Waals surface area contributed by atoms with Gasteiger partial charge in [0.25, 0.3) is 15.9 Å². The highest BCUT2D eigenvalue weighted by Crippen LogP contribution is 2.32. The molecule has 0 unspecified atom stereocenters. The van der Waals surface area contributed by atoms with Gasteiger partial charge in [0.2, 0.25) is 0 Å². The maximum absolute atomic E-state index is 13.6. The molecule has 1 aliphatic carbocycles. The topological polar surface area (TPSA) is 99.2 Å². The summed E-state index contributed by atoms with van der Waals surface area (Å²) in [6, 6.07) is 12.5. The second kappa shape index (κ2) is 10.6. The number of nitrogens with zero attached hydrogens (tertiary/aromatic N) is 2. The summed E-state index contributed by atoms with van der Waals surface area (Å²) >= 11 is 0. The summed E-state index contributed by atoms with van der Waals surface area (Å²) in [6.07, 6.45) is 2.38. The Labute approximate surface area is 207 Å². The number of fused-ring (bicyclic) bond motifs is 1. The minimum Gasteiger partial charge on any atom is -0.488 e. The summed E-state index contributed by atoms with van der Waals surface area (Å²) in [5.41, 5.74) is 0.553. The minimum atomic E-state index is -3.81. The average Bonchev–Trinajstić information content (AvgIpc) is 3.65. The molecule has 0 aromatic heterocycles. The zero-order chi connectivity index (χ0) is 25.2. The van der Waals surface area contributed by atoms with Crippen LogP contribution in [0.15, 0.2) is 53.4 Å². The third-order valence-electron chi connectivity index (χ3n) is 6.73. The molecule has 1 heterocycles. The molecule has 3 atom stereocenters. The maximum atomic E-state index is 13.6. The van der Waals surface area contributed by atoms with Gasteiger partial charge in [0.15, 0.2) is 0 Å². The predicted octanol–water partition coefficient (Wildman–Crippen LogP) is 3.05. The van der Waals surface area contributed by atoms with Gasteiger partial charge in [-0.2, -0.15) is 0 Å². The molecule has 2 aromatic carbocycles. The van der Waals surface area contributed by atoms with Crippen LogP contribution in [0.4, 0.5) is 5.69 Å². The van der Waals surface area contributed by atoms with Crippen molar-refractivity contribution in [2.24, 2.45) is 11.8 Å². The summed E-state index contributed by atoms with van der Waals surface area (Å²) in [5, 5.41) is 9.83. The fraction of sp³-hybridized carbons (Fsp3) is 0.500. The van der Waals surface area contributed by atoms with Crippen LogP contribution in [-0.2, 0) is 10.0 Å². The van der Waals surface area contributed by atoms with E-state index >= 15 is 0 Å². The number of hydrogen-bond acceptors (Lipinski definition) is 6. The van der Waals surface area contributed by atoms with Crippen LogP contribution in [0.3, 0.4) is 0 Å². The van der Waals surface area contributed by atoms with Gasteiger partial charge in [0.05, 0.1) is 23.1 Å². The number of likely N-dealkylation sites (N-methyl/N-ethyl adjacent to an activating group) is 1. The Morgan fingerprint density at radius 3 is 2.54 bits per heavy atom. The summed E-state index contributed by atoms with van der Waals surface area (Å²) in [7, 11) is -1.72. The van der Waals surface area contributed by atoms with Crippen LogP contribution in [0.2, 0.25) is 0 Å². The number of sulfonamides is 1. The number of carbonyl (C=O) groups excluding carboxylic acids is 1. The lowest BCUT2D eigenvalue weighted by molar-refractivity contribution is 0.0344. The van der Waals surface area contributed by atoms with Gasteiger partial charge in [0.1, 0.15) is 11.9 Å². The number of nitrogens with one attached hydrogen (secondary N) is 1. The molecule has 1 saturated carbocycles. The van der Waals surface area contributed by atoms with Crippen LogP contribution in [-0.4, -0.2) is 74.7 Å². The van der Waals surface area contributed by atoms with Gasteiger partial charge in [-0.05, 0) is 63.1 Å². The number of ether oxygens (including phenoxy) is 1. The van der Waals surface area contributed by atoms with E-state index in [1.807, 2.05) is 6.92 Å². The standard InChI is InChI=1S/C26H35N3O5S/c1-18-14-29(19(2)17-30)26(31)23-13-21(27-35(32,33)22-7-5-4-6-8-22)11-12-24(23)34-25(18)16-28(3)15-20-9-10-20/h4-8,11-13,18-20,25,27,30H,9-10,14-17H2,1-3H3/t18-,19+,25-/m1/s1. The molecule has 9 heteroatoms. The molecule has 2 N–H and O–H groups in total. The van der Waals surface area contributed by atoms with E-state index in [-0.39, 0.29) is 46.7 Å². The molecule has 4 rings (SSSR count). The molecular weight excluding hydrogens is 466 g/mol. The van der Waals surface area contributed by atoms with Gasteiger partial charge >= 0.3 is 0 Å². The monoisotopic (exact) mass is 501 g/mol. The third-order valence-corrected chi connectivity index (χ3v) is 8.13. The van der Waals surface area contributed by atoms with E-state index in [0.29, 0.717) is 12.3 Å². The van der Waals surface area contributed by atoms with Crippen molar-refractivity contribution in [3.05, 3.63) is 54.1 Å². The van der Waals surface area contributed by atoms with Gasteiger partial charge in [0, 0.05) is 31.2 Å². The first-order valence-corrected chi connectivity index (χ1v) is 13.6. The van der Waals surface area contributed by atoms with E-state index in [1.165, 1.54) is 31.0 Å². The van der Waals surface area contributed by atoms with Crippen molar-refractivity contribution in [2.75, 3.05) is 38.0 Å². The molecule has 1 aliphatic heterocycles. The molecule has 2 aromatic rings. The Kier molecular flexibility index (Phi) is 7.68. The minimum absolute atomic E-state index is 0.0408. The van der Waals surface area contributed by atoms with Crippen molar-refractivity contribution in [1.29, 1.82) is 0 Å². The van der Waals surface area contributed by atoms with Crippen LogP contribution >= 0.6 is 0 Å². The van der Waals surface area contributed by atoms with Gasteiger partial charge in [-0.25, -0.2) is 8.42 Å². The highest BCUT2D eigenvalue weighted by molar-refractivity contribution is 7.92. The number of aliphatic hydroxyl groups is 1. The maximum Gasteiger partial charge on any atom is 0.261 e. The predicted molar refractivity (Wildman–Crippen MR) is 135 cm³/mol. The summed E-state index contributed by atoms with van der Waals surface area (Å²) < 4.78 is 34.6. The molecule has 2 aliphatic rings. The van der Waals surface area contributed by atoms with Crippen LogP contribution in [0, 0.1) is 11.8 Å². The summed E-state index contributed by atoms with van der Waals surface area (Å²) in [4.78, 5) is 17.6. The SMILES string of the molecule is C[C@@H]1CN([C@@H](C)CO)C(=O)c2cc(NS(=O)(=O)c3ccccc3)ccc2O[C@@H]1CN(C)CC1CC1. The van der Waals surface area contributed by atoms with E-state index in [0.717, 1.165) is 19.0 Å². The van der Waals surface area contributed by atoms with Gasteiger partial charge in [-0.15, -0.1) is 0 Å². The number of benzene rings is 2. The van der Waals surface area contributed by atoms with Crippen LogP contribution in [0.1, 0.15) is 37.0 Å². The molecule has 1 fully saturated rings. The van der Waals surface area contributed by atoms with Crippen molar-refractivity contribution in [1.82, 2.24) is 9.80 Å². The molecular formula is C26H35N3O5S. The van der Waals surface area contributed by atoms with E-state index in [9.17, 15) is 18.3 Å². The molecule has 190 valence electrons. The largest absolute Gasteiger partial charge is 0.488 e. The average molecular weight is 502 g/mol. The molecule has 0 saturated heterocycles. The third kappa shape index (κ3) is 6.15. The zero-order valence-electron chi connectivity index (χ0n) is 20.6. The summed E-state index contributed by atoms with van der Waals surface area (Å²) in [6.45, 7) is 5.88. The molecule has 0 radical (unpaired) electrons. The van der Waals surface area contributed by atoms with Crippen molar-refractivity contribution in [2.45, 2.75) is 43.7 Å². The second-order valence-electron chi connectivity index (χ2n) is 9.92. The van der Waals surface area contributed by atoms with E-state index < -0.39 is 10.0 Å². The first-order chi connectivity index (χ1) is 16.7. The molecule has 0 bridgehead atoms. The number of carbonyl (C=O) groups is 1. The highest BCUT2D eigenvalue weighted by atomic mass is 32.2. The number of amides is 1. The molecule has 0 spiro atoms. The summed E-state index contributed by atoms with van der Waals surface area (Å²) in [5.74, 6) is 0.922. The fourth-order valence-corrected chi connectivity index (χ4v) is 5.51. The van der Waals surface area contributed by atoms with Crippen molar-refractivity contribution in [3.63, 3.8) is 0 Å². The molecule has 1 amide bonds. The molecule has 35 heavy (non-hydrogen) atoms. The Balaban J connectivity index is 1.64. The number of anilines is 1. The van der Waals surface area contributed by atoms with Crippen LogP contribution in [0.5, 0.6) is 5.75 Å². The lowest BCUT2D eigenvalue weighted by atomic mass is 9.99. The van der Waals surface area contributed by atoms with Gasteiger partial charge in [-0.3, -0.25) is 9.52 Å². The Morgan fingerprint density at radius 1 is 1.17 bits per heavy atom. The van der Waals surface area contributed by atoms with E-state index in [4.69, 9.17) is 4.74 Å². The van der Waals surface area contributed by atoms with E-state index in [1.54, 1.807) is 35.2 Å². The first kappa shape index (κ1) is 25.5. The fourth-order valence-electron chi connectivity index (χ4n) is 4.44. The Hall–Kier alpha value is -2.62. The lowest BCUT2D eigenvalue weighted by Crippen LogP contribution is -2.50. The van der Waals surface area contributed by atoms with Gasteiger partial charge in [-0.1, -0.05) is 25.1 Å². The lowest BCUT2D eigenvalue weighted by Gasteiger charge is -2.38. The number of aliphatic hydroxyl groups excluding tert-OH is 1. The number of hydrogen-bond donors (Lipinski definition) is 2. The Bertz CT molecular complexity index is 1140. The first-order valence-electron chi connectivity index (χ1n) is 12.2. The highest BCUT2D eigenvalue weighted by Gasteiger charge is 2.34. The number of rotatable bonds is 9. The quantitative estimate of drug-likeness (QED) is 0.548. The van der Waals surface area contributed by atoms with Crippen molar-refractivity contribution >= 4 is 21.6 Å². The van der Waals surface area contributed by atoms with E-state index in [2.05, 4.69) is 23.6 Å². The van der Waals surface area contributed by atoms with Crippen LogP contribution < -0.4 is 9.46 Å². The van der Waals surface area contributed by atoms with Gasteiger partial charge < -0.3 is 19.6 Å². The normalized spacial score (nSPS) is 21.6. The van der Waals surface area contributed by atoms with Crippen molar-refractivity contribution < 1.29 is 23.1 Å². The Morgan fingerprint density at radius 2 is 1.89 bits per heavy atom. The second-order valence-corrected chi connectivity index (χ2v) is 11.6. The zero-order valence-corrected chi connectivity index (χ0v) is 21.4. The van der Waals surface area contributed by atoms with Crippen LogP contribution in [0.25, 0.3) is 0 Å². The molecule has 8 nitrogen and oxygen atoms in total. The van der Waals surface area contributed by atoms with Crippen molar-refractivity contribution in [3.8, 4) is 5.75 Å².